The molecule has 1 unspecified atom stereocenters. The molecule has 3 rings (SSSR count). The van der Waals surface area contributed by atoms with Crippen molar-refractivity contribution in [1.82, 2.24) is 9.97 Å². The Bertz CT molecular complexity index is 1060. The van der Waals surface area contributed by atoms with Crippen LogP contribution in [-0.4, -0.2) is 53.6 Å². The number of amides is 1. The van der Waals surface area contributed by atoms with Gasteiger partial charge in [0, 0.05) is 11.3 Å². The Hall–Kier alpha value is -3.42. The molecule has 2 heterocycles. The summed E-state index contributed by atoms with van der Waals surface area (Å²) in [5, 5.41) is 2.33. The normalized spacial score (nSPS) is 20.5. The summed E-state index contributed by atoms with van der Waals surface area (Å²) in [6, 6.07) is 2.95. The van der Waals surface area contributed by atoms with E-state index < -0.39 is 54.0 Å². The molecule has 1 atom stereocenters. The summed E-state index contributed by atoms with van der Waals surface area (Å²) in [6.45, 7) is -2.01. The fraction of sp³-hybridized carbons (Fsp3) is 0.368. The fourth-order valence-corrected chi connectivity index (χ4v) is 2.92. The van der Waals surface area contributed by atoms with Gasteiger partial charge in [-0.25, -0.2) is 23.1 Å². The summed E-state index contributed by atoms with van der Waals surface area (Å²) in [6.07, 6.45) is -2.92. The maximum atomic E-state index is 14.7. The number of aromatic nitrogens is 2. The first-order valence-electron chi connectivity index (χ1n) is 9.23. The van der Waals surface area contributed by atoms with Crippen molar-refractivity contribution in [1.29, 1.82) is 0 Å². The predicted molar refractivity (Wildman–Crippen MR) is 103 cm³/mol. The smallest absolute Gasteiger partial charge is 0.422 e. The van der Waals surface area contributed by atoms with Gasteiger partial charge in [0.05, 0.1) is 12.4 Å². The van der Waals surface area contributed by atoms with Crippen LogP contribution in [0.1, 0.15) is 23.0 Å². The highest BCUT2D eigenvalue weighted by molar-refractivity contribution is 6.02. The lowest BCUT2D eigenvalue weighted by molar-refractivity contribution is -0.154. The molecule has 33 heavy (non-hydrogen) atoms. The molecule has 1 aromatic carbocycles. The van der Waals surface area contributed by atoms with Gasteiger partial charge in [-0.1, -0.05) is 0 Å². The van der Waals surface area contributed by atoms with Crippen molar-refractivity contribution in [2.45, 2.75) is 24.6 Å². The number of benzene rings is 1. The molecule has 14 heteroatoms. The fourth-order valence-electron chi connectivity index (χ4n) is 2.92. The first-order valence-corrected chi connectivity index (χ1v) is 9.23. The van der Waals surface area contributed by atoms with Gasteiger partial charge in [-0.3, -0.25) is 9.79 Å². The van der Waals surface area contributed by atoms with E-state index in [1.165, 1.54) is 0 Å². The zero-order valence-electron chi connectivity index (χ0n) is 16.9. The molecule has 0 radical (unpaired) electrons. The van der Waals surface area contributed by atoms with E-state index in [2.05, 4.69) is 25.0 Å². The molecule has 8 nitrogen and oxygen atoms in total. The van der Waals surface area contributed by atoms with Crippen LogP contribution in [0.4, 0.5) is 32.0 Å². The monoisotopic (exact) mass is 477 g/mol. The summed E-state index contributed by atoms with van der Waals surface area (Å²) >= 11 is 0. The number of rotatable bonds is 5. The number of hydrogen-bond acceptors (Lipinski definition) is 7. The Balaban J connectivity index is 1.82. The zero-order valence-corrected chi connectivity index (χ0v) is 16.9. The maximum absolute atomic E-state index is 14.7. The molecule has 1 amide bonds. The average Bonchev–Trinajstić information content (AvgIpc) is 2.83. The topological polar surface area (TPSA) is 112 Å². The second-order valence-electron chi connectivity index (χ2n) is 7.17. The highest BCUT2D eigenvalue weighted by Gasteiger charge is 2.54. The van der Waals surface area contributed by atoms with Gasteiger partial charge in [0.1, 0.15) is 30.6 Å². The summed E-state index contributed by atoms with van der Waals surface area (Å²) < 4.78 is 89.7. The average molecular weight is 477 g/mol. The van der Waals surface area contributed by atoms with Gasteiger partial charge in [-0.15, -0.1) is 0 Å². The minimum Gasteiger partial charge on any atom is -0.467 e. The summed E-state index contributed by atoms with van der Waals surface area (Å²) in [4.78, 5) is 23.3. The van der Waals surface area contributed by atoms with E-state index >= 15 is 0 Å². The van der Waals surface area contributed by atoms with E-state index in [-0.39, 0.29) is 23.8 Å². The quantitative estimate of drug-likeness (QED) is 0.641. The number of carbonyl (C=O) groups excluding carboxylic acids is 1. The third-order valence-electron chi connectivity index (χ3n) is 4.61. The van der Waals surface area contributed by atoms with Gasteiger partial charge in [0.15, 0.2) is 12.1 Å². The van der Waals surface area contributed by atoms with Crippen LogP contribution in [-0.2, 0) is 10.3 Å². The van der Waals surface area contributed by atoms with Gasteiger partial charge in [0.2, 0.25) is 5.88 Å². The zero-order chi connectivity index (χ0) is 24.4. The molecular weight excluding hydrogens is 460 g/mol. The Labute approximate surface area is 182 Å². The van der Waals surface area contributed by atoms with Crippen LogP contribution in [0.2, 0.25) is 0 Å². The summed E-state index contributed by atoms with van der Waals surface area (Å²) in [5.41, 5.74) is 2.23. The minimum atomic E-state index is -4.58. The van der Waals surface area contributed by atoms with E-state index in [0.717, 1.165) is 37.5 Å². The molecule has 178 valence electrons. The number of alkyl halides is 5. The Morgan fingerprint density at radius 2 is 2.00 bits per heavy atom. The Kier molecular flexibility index (Phi) is 6.49. The van der Waals surface area contributed by atoms with Gasteiger partial charge in [-0.2, -0.15) is 13.2 Å². The van der Waals surface area contributed by atoms with Crippen molar-refractivity contribution in [2.75, 3.05) is 25.1 Å². The lowest BCUT2D eigenvalue weighted by Crippen LogP contribution is -2.45. The van der Waals surface area contributed by atoms with Crippen molar-refractivity contribution >= 4 is 17.4 Å². The van der Waals surface area contributed by atoms with Crippen molar-refractivity contribution in [3.05, 3.63) is 47.7 Å². The second-order valence-corrected chi connectivity index (χ2v) is 7.17. The highest BCUT2D eigenvalue weighted by Crippen LogP contribution is 2.44. The van der Waals surface area contributed by atoms with Gasteiger partial charge in [-0.05, 0) is 25.1 Å². The molecule has 2 aromatic rings. The molecule has 0 saturated carbocycles. The Morgan fingerprint density at radius 3 is 2.64 bits per heavy atom. The van der Waals surface area contributed by atoms with Crippen LogP contribution in [0, 0.1) is 5.82 Å². The minimum absolute atomic E-state index is 0.0773. The molecule has 0 aliphatic carbocycles. The number of carbonyl (C=O) groups is 1. The van der Waals surface area contributed by atoms with Crippen LogP contribution in [0.25, 0.3) is 0 Å². The van der Waals surface area contributed by atoms with Crippen LogP contribution in [0.3, 0.4) is 0 Å². The van der Waals surface area contributed by atoms with Gasteiger partial charge >= 0.3 is 6.18 Å². The molecule has 0 fully saturated rings. The van der Waals surface area contributed by atoms with Crippen LogP contribution in [0.5, 0.6) is 5.88 Å². The van der Waals surface area contributed by atoms with E-state index in [9.17, 15) is 31.1 Å². The number of amidine groups is 1. The molecule has 0 spiro atoms. The van der Waals surface area contributed by atoms with Crippen LogP contribution < -0.4 is 15.8 Å². The molecule has 0 bridgehead atoms. The number of halogens is 6. The summed E-state index contributed by atoms with van der Waals surface area (Å²) in [7, 11) is 0. The number of nitrogens with two attached hydrogens (primary N) is 1. The van der Waals surface area contributed by atoms with Crippen molar-refractivity contribution in [2.24, 2.45) is 10.7 Å². The Morgan fingerprint density at radius 1 is 1.27 bits per heavy atom. The number of nitrogens with zero attached hydrogens (tertiary/aromatic N) is 3. The SMILES string of the molecule is CC1(c2cc(NC(=O)c3cnc(OCC(F)(F)F)cn3)ccc2F)N=C(N)COCC1(F)F. The third kappa shape index (κ3) is 5.50. The second kappa shape index (κ2) is 8.84. The highest BCUT2D eigenvalue weighted by atomic mass is 19.4. The number of nitrogens with one attached hydrogen (secondary N) is 1. The maximum Gasteiger partial charge on any atom is 0.422 e. The van der Waals surface area contributed by atoms with E-state index in [1.807, 2.05) is 0 Å². The van der Waals surface area contributed by atoms with Crippen LogP contribution in [0.15, 0.2) is 35.6 Å². The molecular formula is C19H17F6N5O3. The van der Waals surface area contributed by atoms with E-state index in [0.29, 0.717) is 0 Å². The van der Waals surface area contributed by atoms with E-state index in [1.54, 1.807) is 0 Å². The standard InChI is InChI=1S/C19H17F6N5O3/c1-17(18(21,22)8-32-7-14(26)30-17)11-4-10(2-3-12(11)20)29-16(31)13-5-28-15(6-27-13)33-9-19(23,24)25/h2-6H,7-9H2,1H3,(H2,26,30)(H,29,31). The molecule has 0 saturated heterocycles. The molecule has 1 aliphatic rings. The summed E-state index contributed by atoms with van der Waals surface area (Å²) in [5.74, 6) is -6.25. The van der Waals surface area contributed by atoms with Crippen molar-refractivity contribution in [3.8, 4) is 5.88 Å². The first kappa shape index (κ1) is 24.2. The number of anilines is 1. The third-order valence-corrected chi connectivity index (χ3v) is 4.61. The number of ether oxygens (including phenoxy) is 2. The predicted octanol–water partition coefficient (Wildman–Crippen LogP) is 3.05. The van der Waals surface area contributed by atoms with Gasteiger partial charge < -0.3 is 20.5 Å². The number of hydrogen-bond donors (Lipinski definition) is 2. The van der Waals surface area contributed by atoms with Gasteiger partial charge in [0.25, 0.3) is 11.8 Å². The molecule has 1 aliphatic heterocycles. The molecule has 3 N–H and O–H groups in total. The van der Waals surface area contributed by atoms with E-state index in [4.69, 9.17) is 10.5 Å². The first-order chi connectivity index (χ1) is 15.3. The number of aliphatic imine (C=N–C) groups is 1. The van der Waals surface area contributed by atoms with Crippen molar-refractivity contribution in [3.63, 3.8) is 0 Å². The lowest BCUT2D eigenvalue weighted by atomic mass is 9.85. The molecule has 1 aromatic heterocycles. The van der Waals surface area contributed by atoms with Crippen molar-refractivity contribution < 1.29 is 40.6 Å². The lowest BCUT2D eigenvalue weighted by Gasteiger charge is -2.33. The largest absolute Gasteiger partial charge is 0.467 e. The van der Waals surface area contributed by atoms with Crippen LogP contribution >= 0.6 is 0 Å².